The number of pyridine rings is 1. The van der Waals surface area contributed by atoms with E-state index in [9.17, 15) is 0 Å². The van der Waals surface area contributed by atoms with E-state index in [-0.39, 0.29) is 0 Å². The van der Waals surface area contributed by atoms with Crippen LogP contribution in [-0.2, 0) is 13.0 Å². The lowest BCUT2D eigenvalue weighted by molar-refractivity contribution is 0.686. The zero-order chi connectivity index (χ0) is 14.5. The van der Waals surface area contributed by atoms with Crippen molar-refractivity contribution in [3.05, 3.63) is 76.9 Å². The van der Waals surface area contributed by atoms with E-state index in [1.807, 2.05) is 24.3 Å². The third-order valence-corrected chi connectivity index (χ3v) is 3.83. The number of hydrogen-bond donors (Lipinski definition) is 1. The van der Waals surface area contributed by atoms with E-state index in [0.29, 0.717) is 5.15 Å². The molecule has 3 aromatic rings. The van der Waals surface area contributed by atoms with Crippen LogP contribution in [0.4, 0.5) is 0 Å². The quantitative estimate of drug-likeness (QED) is 0.563. The maximum Gasteiger partial charge on any atom is 0.134 e. The molecule has 0 radical (unpaired) electrons. The lowest BCUT2D eigenvalue weighted by Gasteiger charge is -2.08. The first-order valence-electron chi connectivity index (χ1n) is 7.12. The van der Waals surface area contributed by atoms with Crippen molar-refractivity contribution in [1.29, 1.82) is 0 Å². The molecule has 0 atom stereocenters. The lowest BCUT2D eigenvalue weighted by Crippen LogP contribution is -2.17. The van der Waals surface area contributed by atoms with Crippen LogP contribution in [0.3, 0.4) is 0 Å². The largest absolute Gasteiger partial charge is 0.312 e. The highest BCUT2D eigenvalue weighted by Crippen LogP contribution is 2.20. The van der Waals surface area contributed by atoms with Crippen molar-refractivity contribution in [3.63, 3.8) is 0 Å². The van der Waals surface area contributed by atoms with E-state index in [4.69, 9.17) is 11.6 Å². The number of hydrogen-bond acceptors (Lipinski definition) is 2. The molecule has 0 aliphatic rings. The van der Waals surface area contributed by atoms with Crippen molar-refractivity contribution in [2.45, 2.75) is 13.0 Å². The summed E-state index contributed by atoms with van der Waals surface area (Å²) in [6, 6.07) is 20.6. The van der Waals surface area contributed by atoms with Crippen LogP contribution in [0.25, 0.3) is 10.9 Å². The first kappa shape index (κ1) is 14.1. The number of nitrogens with one attached hydrogen (secondary N) is 1. The highest BCUT2D eigenvalue weighted by molar-refractivity contribution is 6.30. The summed E-state index contributed by atoms with van der Waals surface area (Å²) >= 11 is 6.25. The second-order valence-electron chi connectivity index (χ2n) is 5.04. The molecule has 2 nitrogen and oxygen atoms in total. The summed E-state index contributed by atoms with van der Waals surface area (Å²) in [5.41, 5.74) is 3.33. The second-order valence-corrected chi connectivity index (χ2v) is 5.40. The molecule has 2 aromatic carbocycles. The van der Waals surface area contributed by atoms with Gasteiger partial charge >= 0.3 is 0 Å². The van der Waals surface area contributed by atoms with E-state index < -0.39 is 0 Å². The van der Waals surface area contributed by atoms with Gasteiger partial charge in [-0.15, -0.1) is 0 Å². The third-order valence-electron chi connectivity index (χ3n) is 3.50. The minimum absolute atomic E-state index is 0.584. The van der Waals surface area contributed by atoms with Gasteiger partial charge in [-0.1, -0.05) is 60.1 Å². The van der Waals surface area contributed by atoms with Crippen molar-refractivity contribution >= 4 is 22.5 Å². The van der Waals surface area contributed by atoms with E-state index in [1.165, 1.54) is 5.56 Å². The molecule has 0 aliphatic carbocycles. The Bertz CT molecular complexity index is 726. The molecule has 3 rings (SSSR count). The average molecular weight is 297 g/mol. The summed E-state index contributed by atoms with van der Waals surface area (Å²) in [7, 11) is 0. The van der Waals surface area contributed by atoms with Crippen molar-refractivity contribution in [2.24, 2.45) is 0 Å². The first-order valence-corrected chi connectivity index (χ1v) is 7.49. The summed E-state index contributed by atoms with van der Waals surface area (Å²) in [6.07, 6.45) is 1.01. The van der Waals surface area contributed by atoms with Gasteiger partial charge in [0.05, 0.1) is 5.52 Å². The number of rotatable bonds is 5. The fourth-order valence-electron chi connectivity index (χ4n) is 2.36. The minimum atomic E-state index is 0.584. The highest BCUT2D eigenvalue weighted by atomic mass is 35.5. The van der Waals surface area contributed by atoms with Crippen LogP contribution in [0, 0.1) is 0 Å². The molecular formula is C18H17ClN2. The molecule has 0 amide bonds. The molecule has 21 heavy (non-hydrogen) atoms. The molecule has 0 bridgehead atoms. The van der Waals surface area contributed by atoms with Gasteiger partial charge in [0.15, 0.2) is 0 Å². The van der Waals surface area contributed by atoms with Gasteiger partial charge in [-0.25, -0.2) is 4.98 Å². The summed E-state index contributed by atoms with van der Waals surface area (Å²) in [4.78, 5) is 4.44. The molecule has 0 unspecified atom stereocenters. The maximum atomic E-state index is 6.25. The molecule has 3 heteroatoms. The van der Waals surface area contributed by atoms with Gasteiger partial charge in [0, 0.05) is 17.5 Å². The summed E-state index contributed by atoms with van der Waals surface area (Å²) in [5.74, 6) is 0. The smallest absolute Gasteiger partial charge is 0.134 e. The van der Waals surface area contributed by atoms with Crippen LogP contribution >= 0.6 is 11.6 Å². The first-order chi connectivity index (χ1) is 10.3. The number of benzene rings is 2. The monoisotopic (exact) mass is 296 g/mol. The number of aromatic nitrogens is 1. The topological polar surface area (TPSA) is 24.9 Å². The molecule has 0 saturated carbocycles. The molecule has 0 aliphatic heterocycles. The molecule has 1 heterocycles. The van der Waals surface area contributed by atoms with Crippen LogP contribution < -0.4 is 5.32 Å². The van der Waals surface area contributed by atoms with Crippen molar-refractivity contribution < 1.29 is 0 Å². The summed E-state index contributed by atoms with van der Waals surface area (Å²) in [5, 5.41) is 5.14. The molecule has 106 valence electrons. The zero-order valence-electron chi connectivity index (χ0n) is 11.7. The van der Waals surface area contributed by atoms with Crippen molar-refractivity contribution in [3.8, 4) is 0 Å². The van der Waals surface area contributed by atoms with E-state index in [2.05, 4.69) is 46.7 Å². The van der Waals surface area contributed by atoms with Gasteiger partial charge in [0.1, 0.15) is 5.15 Å². The number of para-hydroxylation sites is 1. The zero-order valence-corrected chi connectivity index (χ0v) is 12.5. The molecule has 0 saturated heterocycles. The Morgan fingerprint density at radius 3 is 2.57 bits per heavy atom. The van der Waals surface area contributed by atoms with Gasteiger partial charge in [-0.05, 0) is 30.7 Å². The Labute approximate surface area is 129 Å². The maximum absolute atomic E-state index is 6.25. The second kappa shape index (κ2) is 6.70. The Morgan fingerprint density at radius 2 is 1.71 bits per heavy atom. The van der Waals surface area contributed by atoms with Crippen LogP contribution in [-0.4, -0.2) is 11.5 Å². The van der Waals surface area contributed by atoms with Gasteiger partial charge in [0.25, 0.3) is 0 Å². The third kappa shape index (κ3) is 3.60. The van der Waals surface area contributed by atoms with E-state index in [0.717, 1.165) is 36.0 Å². The molecule has 1 N–H and O–H groups in total. The highest BCUT2D eigenvalue weighted by Gasteiger charge is 2.04. The Hall–Kier alpha value is -1.90. The minimum Gasteiger partial charge on any atom is -0.312 e. The van der Waals surface area contributed by atoms with Crippen molar-refractivity contribution in [1.82, 2.24) is 10.3 Å². The SMILES string of the molecule is Clc1nc2ccccc2cc1CNCCc1ccccc1. The Kier molecular flexibility index (Phi) is 4.49. The molecular weight excluding hydrogens is 280 g/mol. The molecule has 1 aromatic heterocycles. The summed E-state index contributed by atoms with van der Waals surface area (Å²) in [6.45, 7) is 1.66. The lowest BCUT2D eigenvalue weighted by atomic mass is 10.1. The van der Waals surface area contributed by atoms with Gasteiger partial charge in [0.2, 0.25) is 0 Å². The Morgan fingerprint density at radius 1 is 0.952 bits per heavy atom. The number of fused-ring (bicyclic) bond motifs is 1. The number of halogens is 1. The number of nitrogens with zero attached hydrogens (tertiary/aromatic N) is 1. The van der Waals surface area contributed by atoms with Gasteiger partial charge in [-0.3, -0.25) is 0 Å². The van der Waals surface area contributed by atoms with Crippen LogP contribution in [0.1, 0.15) is 11.1 Å². The van der Waals surface area contributed by atoms with Crippen LogP contribution in [0.2, 0.25) is 5.15 Å². The predicted octanol–water partition coefficient (Wildman–Crippen LogP) is 4.22. The van der Waals surface area contributed by atoms with Crippen LogP contribution in [0.15, 0.2) is 60.7 Å². The van der Waals surface area contributed by atoms with Crippen LogP contribution in [0.5, 0.6) is 0 Å². The van der Waals surface area contributed by atoms with E-state index in [1.54, 1.807) is 0 Å². The normalized spacial score (nSPS) is 10.9. The molecule has 0 spiro atoms. The average Bonchev–Trinajstić information content (AvgIpc) is 2.53. The summed E-state index contributed by atoms with van der Waals surface area (Å²) < 4.78 is 0. The predicted molar refractivity (Wildman–Crippen MR) is 88.6 cm³/mol. The standard InChI is InChI=1S/C18H17ClN2/c19-18-16(12-15-8-4-5-9-17(15)21-18)13-20-11-10-14-6-2-1-3-7-14/h1-9,12,20H,10-11,13H2. The fraction of sp³-hybridized carbons (Fsp3) is 0.167. The van der Waals surface area contributed by atoms with Gasteiger partial charge < -0.3 is 5.32 Å². The molecule has 0 fully saturated rings. The van der Waals surface area contributed by atoms with Gasteiger partial charge in [-0.2, -0.15) is 0 Å². The fourth-order valence-corrected chi connectivity index (χ4v) is 2.57. The van der Waals surface area contributed by atoms with E-state index >= 15 is 0 Å². The van der Waals surface area contributed by atoms with Crippen molar-refractivity contribution in [2.75, 3.05) is 6.54 Å². The Balaban J connectivity index is 1.61.